The van der Waals surface area contributed by atoms with Crippen LogP contribution in [0.5, 0.6) is 0 Å². The number of fused-ring (bicyclic) bond motifs is 1. The number of rotatable bonds is 6. The monoisotopic (exact) mass is 546 g/mol. The fourth-order valence-corrected chi connectivity index (χ4v) is 5.13. The highest BCUT2D eigenvalue weighted by molar-refractivity contribution is 5.97. The maximum absolute atomic E-state index is 14.8. The van der Waals surface area contributed by atoms with Gasteiger partial charge in [-0.3, -0.25) is 14.6 Å². The summed E-state index contributed by atoms with van der Waals surface area (Å²) in [5.74, 6) is -0.652. The lowest BCUT2D eigenvalue weighted by Gasteiger charge is -2.35. The molecule has 1 aromatic heterocycles. The van der Waals surface area contributed by atoms with Gasteiger partial charge in [0, 0.05) is 54.0 Å². The molecule has 3 amide bonds. The minimum atomic E-state index is -1.24. The van der Waals surface area contributed by atoms with Crippen molar-refractivity contribution in [2.45, 2.75) is 51.3 Å². The fourth-order valence-electron chi connectivity index (χ4n) is 5.13. The van der Waals surface area contributed by atoms with Crippen molar-refractivity contribution in [3.05, 3.63) is 72.1 Å². The van der Waals surface area contributed by atoms with Crippen LogP contribution < -0.4 is 10.6 Å². The Morgan fingerprint density at radius 2 is 1.85 bits per heavy atom. The number of amides is 3. The number of benzene rings is 2. The summed E-state index contributed by atoms with van der Waals surface area (Å²) in [6, 6.07) is 14.9. The summed E-state index contributed by atoms with van der Waals surface area (Å²) in [5.41, 5.74) is 1.62. The fraction of sp³-hybridized carbons (Fsp3) is 0.419. The molecule has 0 radical (unpaired) electrons. The van der Waals surface area contributed by atoms with Crippen LogP contribution in [-0.2, 0) is 9.53 Å². The minimum Gasteiger partial charge on any atom is -0.444 e. The van der Waals surface area contributed by atoms with Gasteiger partial charge in [0.2, 0.25) is 5.91 Å². The Balaban J connectivity index is 1.08. The smallest absolute Gasteiger partial charge is 0.410 e. The maximum Gasteiger partial charge on any atom is 0.410 e. The normalized spacial score (nSPS) is 22.4. The van der Waals surface area contributed by atoms with Crippen molar-refractivity contribution in [1.29, 1.82) is 0 Å². The van der Waals surface area contributed by atoms with Gasteiger partial charge in [-0.15, -0.1) is 0 Å². The molecule has 2 aromatic carbocycles. The molecule has 2 aliphatic rings. The first-order valence-corrected chi connectivity index (χ1v) is 13.7. The summed E-state index contributed by atoms with van der Waals surface area (Å²) in [5, 5.41) is 7.88. The molecule has 2 unspecified atom stereocenters. The quantitative estimate of drug-likeness (QED) is 0.437. The molecule has 4 atom stereocenters. The van der Waals surface area contributed by atoms with Gasteiger partial charge in [0.05, 0.1) is 6.54 Å². The topological polar surface area (TPSA) is 101 Å². The lowest BCUT2D eigenvalue weighted by molar-refractivity contribution is -0.117. The number of hydrogen-bond donors (Lipinski definition) is 2. The van der Waals surface area contributed by atoms with Crippen molar-refractivity contribution in [3.63, 3.8) is 0 Å². The molecule has 1 saturated heterocycles. The van der Waals surface area contributed by atoms with E-state index in [0.29, 0.717) is 18.5 Å². The summed E-state index contributed by atoms with van der Waals surface area (Å²) >= 11 is 0. The number of ether oxygens (including phenoxy) is 1. The third kappa shape index (κ3) is 6.58. The van der Waals surface area contributed by atoms with Gasteiger partial charge < -0.3 is 20.3 Å². The van der Waals surface area contributed by atoms with Crippen molar-refractivity contribution in [2.24, 2.45) is 11.8 Å². The zero-order valence-corrected chi connectivity index (χ0v) is 23.0. The van der Waals surface area contributed by atoms with Gasteiger partial charge in [-0.1, -0.05) is 18.2 Å². The molecule has 1 aliphatic heterocycles. The molecule has 1 saturated carbocycles. The summed E-state index contributed by atoms with van der Waals surface area (Å²) in [7, 11) is 0. The number of carbonyl (C=O) groups is 3. The van der Waals surface area contributed by atoms with Crippen molar-refractivity contribution in [1.82, 2.24) is 15.2 Å². The summed E-state index contributed by atoms with van der Waals surface area (Å²) < 4.78 is 20.1. The molecule has 3 aromatic rings. The van der Waals surface area contributed by atoms with Crippen LogP contribution in [0.3, 0.4) is 0 Å². The lowest BCUT2D eigenvalue weighted by Crippen LogP contribution is -2.49. The molecule has 0 spiro atoms. The minimum absolute atomic E-state index is 0.0151. The zero-order chi connectivity index (χ0) is 28.4. The van der Waals surface area contributed by atoms with Gasteiger partial charge in [-0.05, 0) is 80.8 Å². The van der Waals surface area contributed by atoms with Crippen molar-refractivity contribution in [2.75, 3.05) is 25.0 Å². The number of piperidine rings is 1. The van der Waals surface area contributed by atoms with Crippen LogP contribution in [0, 0.1) is 11.8 Å². The second kappa shape index (κ2) is 11.2. The molecule has 9 heteroatoms. The highest BCUT2D eigenvalue weighted by atomic mass is 19.1. The van der Waals surface area contributed by atoms with E-state index in [1.165, 1.54) is 4.90 Å². The first kappa shape index (κ1) is 27.6. The van der Waals surface area contributed by atoms with Crippen LogP contribution in [-0.4, -0.2) is 59.2 Å². The molecule has 210 valence electrons. The van der Waals surface area contributed by atoms with Gasteiger partial charge in [0.25, 0.3) is 5.91 Å². The number of halogens is 1. The summed E-state index contributed by atoms with van der Waals surface area (Å²) in [6.45, 7) is 5.87. The predicted molar refractivity (Wildman–Crippen MR) is 151 cm³/mol. The van der Waals surface area contributed by atoms with Crippen molar-refractivity contribution in [3.8, 4) is 0 Å². The number of likely N-dealkylation sites (tertiary alicyclic amines) is 1. The second-order valence-corrected chi connectivity index (χ2v) is 11.7. The average Bonchev–Trinajstić information content (AvgIpc) is 3.73. The summed E-state index contributed by atoms with van der Waals surface area (Å²) in [4.78, 5) is 43.2. The molecule has 2 fully saturated rings. The van der Waals surface area contributed by atoms with Gasteiger partial charge in [-0.25, -0.2) is 9.18 Å². The summed E-state index contributed by atoms with van der Waals surface area (Å²) in [6.07, 6.45) is 2.96. The Hall–Kier alpha value is -4.01. The maximum atomic E-state index is 14.8. The number of carbonyl (C=O) groups excluding carboxylic acids is 3. The van der Waals surface area contributed by atoms with Gasteiger partial charge >= 0.3 is 6.09 Å². The molecule has 2 N–H and O–H groups in total. The first-order valence-electron chi connectivity index (χ1n) is 13.7. The average molecular weight is 547 g/mol. The van der Waals surface area contributed by atoms with Crippen LogP contribution in [0.25, 0.3) is 10.8 Å². The van der Waals surface area contributed by atoms with E-state index in [0.717, 1.165) is 28.4 Å². The Morgan fingerprint density at radius 3 is 2.58 bits per heavy atom. The Kier molecular flexibility index (Phi) is 7.74. The van der Waals surface area contributed by atoms with Crippen LogP contribution in [0.15, 0.2) is 60.9 Å². The number of hydrogen-bond acceptors (Lipinski definition) is 5. The Bertz CT molecular complexity index is 1400. The Morgan fingerprint density at radius 1 is 1.07 bits per heavy atom. The van der Waals surface area contributed by atoms with Gasteiger partial charge in [0.15, 0.2) is 0 Å². The third-order valence-electron chi connectivity index (χ3n) is 7.49. The van der Waals surface area contributed by atoms with Crippen LogP contribution in [0.4, 0.5) is 14.9 Å². The van der Waals surface area contributed by atoms with E-state index >= 15 is 0 Å². The van der Waals surface area contributed by atoms with Crippen LogP contribution >= 0.6 is 0 Å². The molecule has 5 rings (SSSR count). The predicted octanol–water partition coefficient (Wildman–Crippen LogP) is 5.30. The number of pyridine rings is 1. The van der Waals surface area contributed by atoms with E-state index in [4.69, 9.17) is 4.74 Å². The van der Waals surface area contributed by atoms with Crippen LogP contribution in [0.1, 0.15) is 55.5 Å². The number of nitrogens with one attached hydrogen (secondary N) is 2. The van der Waals surface area contributed by atoms with E-state index in [9.17, 15) is 18.8 Å². The number of alkyl halides is 1. The van der Waals surface area contributed by atoms with E-state index in [1.54, 1.807) is 45.3 Å². The SMILES string of the molecule is CC(C)(C)OC(=O)N1CCC(CNC(=O)c2ccc([C@@H]3C[C@H]3C(=O)Nc3ccc4cnccc4c3)cc2)C(F)C1. The molecule has 40 heavy (non-hydrogen) atoms. The van der Waals surface area contributed by atoms with E-state index in [1.807, 2.05) is 36.4 Å². The first-order chi connectivity index (χ1) is 19.1. The van der Waals surface area contributed by atoms with E-state index in [2.05, 4.69) is 15.6 Å². The molecule has 2 heterocycles. The van der Waals surface area contributed by atoms with Crippen molar-refractivity contribution >= 4 is 34.4 Å². The highest BCUT2D eigenvalue weighted by Crippen LogP contribution is 2.48. The highest BCUT2D eigenvalue weighted by Gasteiger charge is 2.44. The Labute approximate surface area is 233 Å². The second-order valence-electron chi connectivity index (χ2n) is 11.7. The van der Waals surface area contributed by atoms with E-state index in [-0.39, 0.29) is 42.7 Å². The zero-order valence-electron chi connectivity index (χ0n) is 23.0. The van der Waals surface area contributed by atoms with Gasteiger partial charge in [0.1, 0.15) is 11.8 Å². The van der Waals surface area contributed by atoms with E-state index < -0.39 is 17.9 Å². The lowest BCUT2D eigenvalue weighted by atomic mass is 9.95. The number of anilines is 1. The van der Waals surface area contributed by atoms with Crippen LogP contribution in [0.2, 0.25) is 0 Å². The largest absolute Gasteiger partial charge is 0.444 e. The standard InChI is InChI=1S/C31H35FN4O4/c1-31(2,3)40-30(39)36-13-11-23(27(32)18-36)17-34-28(37)20-6-4-19(5-7-20)25-15-26(25)29(38)35-24-9-8-22-16-33-12-10-21(22)14-24/h4-10,12,14,16,23,25-27H,11,13,15,17-18H2,1-3H3,(H,34,37)(H,35,38)/t23?,25-,26+,27?/m0/s1. The molecule has 0 bridgehead atoms. The number of nitrogens with zero attached hydrogens (tertiary/aromatic N) is 2. The molecular formula is C31H35FN4O4. The number of aromatic nitrogens is 1. The molecule has 8 nitrogen and oxygen atoms in total. The van der Waals surface area contributed by atoms with Gasteiger partial charge in [-0.2, -0.15) is 0 Å². The molecular weight excluding hydrogens is 511 g/mol. The van der Waals surface area contributed by atoms with Crippen molar-refractivity contribution < 1.29 is 23.5 Å². The third-order valence-corrected chi connectivity index (χ3v) is 7.49. The molecule has 1 aliphatic carbocycles.